The number of hydrogen-bond donors (Lipinski definition) is 0. The summed E-state index contributed by atoms with van der Waals surface area (Å²) in [5, 5.41) is 13.1. The molecule has 0 aliphatic carbocycles. The molecule has 130 valence electrons. The zero-order valence-electron chi connectivity index (χ0n) is 14.5. The minimum Gasteiger partial charge on any atom is -0.384 e. The van der Waals surface area contributed by atoms with Crippen LogP contribution in [0, 0.1) is 6.92 Å². The number of ether oxygens (including phenoxy) is 1. The number of hydrogen-bond acceptors (Lipinski definition) is 7. The van der Waals surface area contributed by atoms with E-state index in [1.807, 2.05) is 43.3 Å². The quantitative estimate of drug-likeness (QED) is 0.546. The average Bonchev–Trinajstić information content (AvgIpc) is 3.13. The second kappa shape index (κ2) is 6.93. The molecule has 0 spiro atoms. The second-order valence-electron chi connectivity index (χ2n) is 5.75. The van der Waals surface area contributed by atoms with E-state index in [2.05, 4.69) is 30.2 Å². The maximum absolute atomic E-state index is 5.09. The van der Waals surface area contributed by atoms with Gasteiger partial charge >= 0.3 is 0 Å². The predicted molar refractivity (Wildman–Crippen MR) is 95.4 cm³/mol. The van der Waals surface area contributed by atoms with Crippen molar-refractivity contribution in [3.63, 3.8) is 0 Å². The Balaban J connectivity index is 1.76. The van der Waals surface area contributed by atoms with Gasteiger partial charge in [-0.2, -0.15) is 9.50 Å². The first-order valence-corrected chi connectivity index (χ1v) is 8.23. The van der Waals surface area contributed by atoms with Gasteiger partial charge in [-0.15, -0.1) is 15.3 Å². The lowest BCUT2D eigenvalue weighted by atomic mass is 10.2. The summed E-state index contributed by atoms with van der Waals surface area (Å²) >= 11 is 0. The maximum atomic E-state index is 5.09. The highest BCUT2D eigenvalue weighted by Gasteiger charge is 2.15. The van der Waals surface area contributed by atoms with Gasteiger partial charge in [-0.1, -0.05) is 30.3 Å². The fourth-order valence-corrected chi connectivity index (χ4v) is 2.65. The lowest BCUT2D eigenvalue weighted by molar-refractivity contribution is 0.200. The lowest BCUT2D eigenvalue weighted by Gasteiger charge is -2.06. The molecule has 4 aromatic rings. The third kappa shape index (κ3) is 3.02. The molecule has 4 rings (SSSR count). The molecule has 0 N–H and O–H groups in total. The summed E-state index contributed by atoms with van der Waals surface area (Å²) in [5.41, 5.74) is 3.11. The Morgan fingerprint density at radius 3 is 2.69 bits per heavy atom. The molecule has 0 bridgehead atoms. The molecule has 0 atom stereocenters. The molecule has 26 heavy (non-hydrogen) atoms. The molecule has 8 heteroatoms. The van der Waals surface area contributed by atoms with Crippen molar-refractivity contribution >= 4 is 5.78 Å². The van der Waals surface area contributed by atoms with Crippen molar-refractivity contribution < 1.29 is 4.74 Å². The minimum atomic E-state index is 0.457. The van der Waals surface area contributed by atoms with E-state index in [0.29, 0.717) is 41.8 Å². The third-order valence-electron chi connectivity index (χ3n) is 4.00. The molecule has 0 radical (unpaired) electrons. The van der Waals surface area contributed by atoms with Crippen LogP contribution in [0.2, 0.25) is 0 Å². The van der Waals surface area contributed by atoms with E-state index in [1.54, 1.807) is 17.8 Å². The molecule has 0 aliphatic rings. The van der Waals surface area contributed by atoms with Gasteiger partial charge in [0.05, 0.1) is 18.0 Å². The van der Waals surface area contributed by atoms with Crippen LogP contribution in [0.25, 0.3) is 28.6 Å². The summed E-state index contributed by atoms with van der Waals surface area (Å²) in [6, 6.07) is 11.6. The third-order valence-corrected chi connectivity index (χ3v) is 4.00. The normalized spacial score (nSPS) is 11.2. The molecule has 0 saturated heterocycles. The Hall–Kier alpha value is -3.26. The first-order chi connectivity index (χ1) is 12.8. The van der Waals surface area contributed by atoms with Crippen molar-refractivity contribution in [2.45, 2.75) is 13.3 Å². The fraction of sp³-hybridized carbons (Fsp3) is 0.222. The first-order valence-electron chi connectivity index (χ1n) is 8.23. The Morgan fingerprint density at radius 2 is 1.88 bits per heavy atom. The summed E-state index contributed by atoms with van der Waals surface area (Å²) in [6.07, 6.45) is 2.36. The van der Waals surface area contributed by atoms with Crippen LogP contribution in [0.4, 0.5) is 0 Å². The van der Waals surface area contributed by atoms with Gasteiger partial charge in [0, 0.05) is 25.3 Å². The smallest absolute Gasteiger partial charge is 0.272 e. The van der Waals surface area contributed by atoms with Gasteiger partial charge in [-0.3, -0.25) is 0 Å². The van der Waals surface area contributed by atoms with Crippen LogP contribution in [0.5, 0.6) is 0 Å². The maximum Gasteiger partial charge on any atom is 0.272 e. The number of nitrogens with zero attached hydrogens (tertiary/aromatic N) is 7. The van der Waals surface area contributed by atoms with Crippen LogP contribution < -0.4 is 0 Å². The molecular weight excluding hydrogens is 330 g/mol. The second-order valence-corrected chi connectivity index (χ2v) is 5.75. The van der Waals surface area contributed by atoms with Crippen molar-refractivity contribution in [1.29, 1.82) is 0 Å². The summed E-state index contributed by atoms with van der Waals surface area (Å²) in [4.78, 5) is 13.3. The van der Waals surface area contributed by atoms with E-state index < -0.39 is 0 Å². The Kier molecular flexibility index (Phi) is 4.32. The van der Waals surface area contributed by atoms with E-state index in [4.69, 9.17) is 4.74 Å². The van der Waals surface area contributed by atoms with Gasteiger partial charge < -0.3 is 4.74 Å². The van der Waals surface area contributed by atoms with Crippen LogP contribution in [0.1, 0.15) is 11.5 Å². The van der Waals surface area contributed by atoms with E-state index in [9.17, 15) is 0 Å². The molecule has 0 fully saturated rings. The van der Waals surface area contributed by atoms with Crippen molar-refractivity contribution in [1.82, 2.24) is 34.8 Å². The van der Waals surface area contributed by atoms with Gasteiger partial charge in [0.25, 0.3) is 5.78 Å². The zero-order valence-corrected chi connectivity index (χ0v) is 14.5. The molecule has 3 aromatic heterocycles. The van der Waals surface area contributed by atoms with Gasteiger partial charge in [0.1, 0.15) is 11.5 Å². The molecule has 0 unspecified atom stereocenters. The van der Waals surface area contributed by atoms with Crippen LogP contribution >= 0.6 is 0 Å². The molecule has 8 nitrogen and oxygen atoms in total. The number of methoxy groups -OCH3 is 1. The van der Waals surface area contributed by atoms with E-state index in [-0.39, 0.29) is 0 Å². The summed E-state index contributed by atoms with van der Waals surface area (Å²) in [6.45, 7) is 2.49. The largest absolute Gasteiger partial charge is 0.384 e. The SMILES string of the molecule is COCCc1nccc(-c2nnc3nc(-c4ccccc4)nn3c2C)n1. The van der Waals surface area contributed by atoms with Crippen LogP contribution in [-0.2, 0) is 11.2 Å². The summed E-state index contributed by atoms with van der Waals surface area (Å²) in [7, 11) is 1.66. The number of rotatable bonds is 5. The van der Waals surface area contributed by atoms with E-state index in [0.717, 1.165) is 11.3 Å². The fourth-order valence-electron chi connectivity index (χ4n) is 2.65. The molecule has 1 aromatic carbocycles. The molecule has 3 heterocycles. The monoisotopic (exact) mass is 347 g/mol. The topological polar surface area (TPSA) is 91.0 Å². The van der Waals surface area contributed by atoms with Crippen molar-refractivity contribution in [2.24, 2.45) is 0 Å². The van der Waals surface area contributed by atoms with Gasteiger partial charge in [-0.05, 0) is 13.0 Å². The standard InChI is InChI=1S/C18H17N7O/c1-12-16(14-8-10-19-15(20-14)9-11-26-2)22-23-18-21-17(24-25(12)18)13-6-4-3-5-7-13/h3-8,10H,9,11H2,1-2H3. The molecular formula is C18H17N7O. The zero-order chi connectivity index (χ0) is 17.9. The number of aromatic nitrogens is 7. The number of aryl methyl sites for hydroxylation is 1. The Morgan fingerprint density at radius 1 is 1.04 bits per heavy atom. The highest BCUT2D eigenvalue weighted by molar-refractivity contribution is 5.60. The molecule has 0 amide bonds. The predicted octanol–water partition coefficient (Wildman–Crippen LogP) is 2.14. The van der Waals surface area contributed by atoms with Crippen molar-refractivity contribution in [2.75, 3.05) is 13.7 Å². The Labute approximate surface area is 149 Å². The highest BCUT2D eigenvalue weighted by atomic mass is 16.5. The lowest BCUT2D eigenvalue weighted by Crippen LogP contribution is -2.06. The first kappa shape index (κ1) is 16.2. The summed E-state index contributed by atoms with van der Waals surface area (Å²) < 4.78 is 6.78. The van der Waals surface area contributed by atoms with Gasteiger partial charge in [0.2, 0.25) is 0 Å². The van der Waals surface area contributed by atoms with Crippen LogP contribution in [0.15, 0.2) is 42.6 Å². The van der Waals surface area contributed by atoms with E-state index in [1.165, 1.54) is 0 Å². The molecule has 0 saturated carbocycles. The minimum absolute atomic E-state index is 0.457. The number of benzene rings is 1. The van der Waals surface area contributed by atoms with Crippen LogP contribution in [0.3, 0.4) is 0 Å². The highest BCUT2D eigenvalue weighted by Crippen LogP contribution is 2.20. The number of fused-ring (bicyclic) bond motifs is 1. The Bertz CT molecular complexity index is 1050. The van der Waals surface area contributed by atoms with Gasteiger partial charge in [-0.25, -0.2) is 9.97 Å². The van der Waals surface area contributed by atoms with E-state index >= 15 is 0 Å². The van der Waals surface area contributed by atoms with Crippen molar-refractivity contribution in [3.8, 4) is 22.8 Å². The van der Waals surface area contributed by atoms with Crippen molar-refractivity contribution in [3.05, 3.63) is 54.1 Å². The molecule has 0 aliphatic heterocycles. The summed E-state index contributed by atoms with van der Waals surface area (Å²) in [5.74, 6) is 1.77. The van der Waals surface area contributed by atoms with Gasteiger partial charge in [0.15, 0.2) is 5.82 Å². The average molecular weight is 347 g/mol. The van der Waals surface area contributed by atoms with Crippen LogP contribution in [-0.4, -0.2) is 48.5 Å².